The Morgan fingerprint density at radius 3 is 2.21 bits per heavy atom. The van der Waals surface area contributed by atoms with E-state index in [9.17, 15) is 27.2 Å². The Hall–Kier alpha value is -2.64. The van der Waals surface area contributed by atoms with Gasteiger partial charge in [0.15, 0.2) is 0 Å². The maximum Gasteiger partial charge on any atom is 0.392 e. The van der Waals surface area contributed by atoms with Gasteiger partial charge in [0.2, 0.25) is 5.91 Å². The summed E-state index contributed by atoms with van der Waals surface area (Å²) in [6, 6.07) is 4.09. The number of esters is 1. The number of allylic oxidation sites excluding steroid dienone is 4. The van der Waals surface area contributed by atoms with Gasteiger partial charge in [-0.15, -0.1) is 0 Å². The normalized spacial score (nSPS) is 20.8. The second-order valence-electron chi connectivity index (χ2n) is 12.8. The summed E-state index contributed by atoms with van der Waals surface area (Å²) in [6.45, 7) is 12.4. The van der Waals surface area contributed by atoms with Crippen molar-refractivity contribution in [3.05, 3.63) is 53.4 Å². The van der Waals surface area contributed by atoms with E-state index >= 15 is 0 Å². The van der Waals surface area contributed by atoms with Gasteiger partial charge in [-0.25, -0.2) is 4.39 Å². The van der Waals surface area contributed by atoms with Gasteiger partial charge in [-0.1, -0.05) is 52.0 Å². The zero-order valence-corrected chi connectivity index (χ0v) is 23.3. The first kappa shape index (κ1) is 29.9. The quantitative estimate of drug-likeness (QED) is 0.285. The molecule has 4 nitrogen and oxygen atoms in total. The van der Waals surface area contributed by atoms with Crippen LogP contribution in [0.4, 0.5) is 23.2 Å². The van der Waals surface area contributed by atoms with Crippen LogP contribution in [-0.2, 0) is 20.7 Å². The fourth-order valence-corrected chi connectivity index (χ4v) is 4.83. The van der Waals surface area contributed by atoms with E-state index < -0.39 is 46.7 Å². The molecule has 1 saturated carbocycles. The summed E-state index contributed by atoms with van der Waals surface area (Å²) in [7, 11) is 0. The molecule has 1 fully saturated rings. The Bertz CT molecular complexity index is 1120. The molecule has 0 spiro atoms. The highest BCUT2D eigenvalue weighted by Gasteiger charge is 2.52. The van der Waals surface area contributed by atoms with E-state index in [-0.39, 0.29) is 23.5 Å². The molecule has 1 unspecified atom stereocenters. The Morgan fingerprint density at radius 1 is 1.11 bits per heavy atom. The van der Waals surface area contributed by atoms with Crippen molar-refractivity contribution < 1.29 is 31.9 Å². The molecule has 1 aromatic carbocycles. The number of alkyl halides is 3. The molecule has 38 heavy (non-hydrogen) atoms. The highest BCUT2D eigenvalue weighted by atomic mass is 19.4. The van der Waals surface area contributed by atoms with Gasteiger partial charge in [0.25, 0.3) is 0 Å². The summed E-state index contributed by atoms with van der Waals surface area (Å²) < 4.78 is 61.7. The second-order valence-corrected chi connectivity index (χ2v) is 12.8. The number of halogens is 4. The van der Waals surface area contributed by atoms with Gasteiger partial charge in [0.1, 0.15) is 11.4 Å². The molecule has 1 amide bonds. The molecule has 1 aromatic rings. The molecular formula is C30H39F4NO3. The molecular weight excluding hydrogens is 498 g/mol. The van der Waals surface area contributed by atoms with E-state index in [0.29, 0.717) is 24.8 Å². The van der Waals surface area contributed by atoms with Crippen LogP contribution in [0, 0.1) is 34.4 Å². The zero-order valence-electron chi connectivity index (χ0n) is 23.3. The topological polar surface area (TPSA) is 55.4 Å². The van der Waals surface area contributed by atoms with E-state index in [1.165, 1.54) is 12.1 Å². The summed E-state index contributed by atoms with van der Waals surface area (Å²) in [5, 5.41) is 2.43. The summed E-state index contributed by atoms with van der Waals surface area (Å²) in [5.74, 6) is -6.03. The third-order valence-corrected chi connectivity index (χ3v) is 7.33. The number of hydrogen-bond donors (Lipinski definition) is 1. The molecule has 3 atom stereocenters. The minimum atomic E-state index is -4.60. The highest BCUT2D eigenvalue weighted by molar-refractivity contribution is 5.93. The van der Waals surface area contributed by atoms with Gasteiger partial charge >= 0.3 is 12.1 Å². The maximum absolute atomic E-state index is 14.7. The molecule has 0 aliphatic heterocycles. The first-order valence-electron chi connectivity index (χ1n) is 13.1. The van der Waals surface area contributed by atoms with Gasteiger partial charge in [-0.05, 0) is 81.1 Å². The van der Waals surface area contributed by atoms with Gasteiger partial charge < -0.3 is 10.1 Å². The fourth-order valence-electron chi connectivity index (χ4n) is 4.83. The Kier molecular flexibility index (Phi) is 8.26. The van der Waals surface area contributed by atoms with Crippen molar-refractivity contribution in [3.63, 3.8) is 0 Å². The minimum Gasteiger partial charge on any atom is -0.460 e. The van der Waals surface area contributed by atoms with Gasteiger partial charge in [0, 0.05) is 0 Å². The van der Waals surface area contributed by atoms with Crippen molar-refractivity contribution in [1.29, 1.82) is 0 Å². The smallest absolute Gasteiger partial charge is 0.392 e. The van der Waals surface area contributed by atoms with Crippen molar-refractivity contribution in [2.75, 3.05) is 5.32 Å². The first-order valence-corrected chi connectivity index (χ1v) is 13.1. The van der Waals surface area contributed by atoms with Crippen molar-refractivity contribution in [3.8, 4) is 0 Å². The van der Waals surface area contributed by atoms with Crippen molar-refractivity contribution >= 4 is 17.6 Å². The molecule has 0 aromatic heterocycles. The number of hydrogen-bond acceptors (Lipinski definition) is 3. The molecule has 2 aliphatic rings. The number of carbonyl (C=O) groups excluding carboxylic acids is 2. The van der Waals surface area contributed by atoms with Crippen LogP contribution in [0.1, 0.15) is 73.3 Å². The van der Waals surface area contributed by atoms with E-state index in [0.717, 1.165) is 18.6 Å². The van der Waals surface area contributed by atoms with Crippen LogP contribution in [0.5, 0.6) is 0 Å². The molecule has 0 bridgehead atoms. The summed E-state index contributed by atoms with van der Waals surface area (Å²) >= 11 is 0. The molecule has 0 heterocycles. The Balaban J connectivity index is 1.82. The number of anilines is 1. The predicted molar refractivity (Wildman–Crippen MR) is 140 cm³/mol. The SMILES string of the molecule is C[C@H]([C@H](C(=O)Nc1cc(CC2(C(=O)OC(C)(C)C)CC2)ccc1F)C1C=CC(C(C)(C)C)=CC1)C(F)(F)F. The van der Waals surface area contributed by atoms with Crippen molar-refractivity contribution in [2.24, 2.45) is 28.6 Å². The van der Waals surface area contributed by atoms with Crippen LogP contribution >= 0.6 is 0 Å². The molecule has 0 radical (unpaired) electrons. The summed E-state index contributed by atoms with van der Waals surface area (Å²) in [5.41, 5.74) is -0.126. The zero-order chi connectivity index (χ0) is 28.7. The van der Waals surface area contributed by atoms with E-state index in [4.69, 9.17) is 4.74 Å². The average molecular weight is 538 g/mol. The monoisotopic (exact) mass is 537 g/mol. The molecule has 1 N–H and O–H groups in total. The highest BCUT2D eigenvalue weighted by Crippen LogP contribution is 2.50. The number of ether oxygens (including phenoxy) is 1. The van der Waals surface area contributed by atoms with E-state index in [2.05, 4.69) is 5.32 Å². The number of benzene rings is 1. The minimum absolute atomic E-state index is 0.170. The lowest BCUT2D eigenvalue weighted by Gasteiger charge is -2.33. The van der Waals surface area contributed by atoms with Crippen LogP contribution in [0.2, 0.25) is 0 Å². The van der Waals surface area contributed by atoms with Crippen molar-refractivity contribution in [2.45, 2.75) is 85.9 Å². The molecule has 2 aliphatic carbocycles. The molecule has 0 saturated heterocycles. The number of carbonyl (C=O) groups is 2. The second kappa shape index (κ2) is 10.5. The lowest BCUT2D eigenvalue weighted by atomic mass is 9.74. The number of rotatable bonds is 7. The summed E-state index contributed by atoms with van der Waals surface area (Å²) in [6.07, 6.45) is 2.55. The average Bonchev–Trinajstić information content (AvgIpc) is 3.55. The maximum atomic E-state index is 14.7. The lowest BCUT2D eigenvalue weighted by Crippen LogP contribution is -2.40. The van der Waals surface area contributed by atoms with E-state index in [1.54, 1.807) is 32.9 Å². The standard InChI is InChI=1S/C30H39F4NO3/c1-18(30(32,33)34)24(20-9-11-21(12-10-20)27(2,3)4)25(36)35-23-16-19(8-13-22(23)31)17-29(14-15-29)26(37)38-28(5,6)7/h8-9,11-13,16,18,20,24H,10,14-15,17H2,1-7H3,(H,35,36)/t18-,20?,24+/m1/s1. The molecule has 8 heteroatoms. The Morgan fingerprint density at radius 2 is 1.74 bits per heavy atom. The molecule has 3 rings (SSSR count). The summed E-state index contributed by atoms with van der Waals surface area (Å²) in [4.78, 5) is 26.0. The van der Waals surface area contributed by atoms with Gasteiger partial charge in [-0.2, -0.15) is 13.2 Å². The first-order chi connectivity index (χ1) is 17.3. The van der Waals surface area contributed by atoms with E-state index in [1.807, 2.05) is 26.8 Å². The van der Waals surface area contributed by atoms with Crippen LogP contribution in [0.15, 0.2) is 42.0 Å². The van der Waals surface area contributed by atoms with Gasteiger partial charge in [0.05, 0.1) is 22.9 Å². The fraction of sp³-hybridized carbons (Fsp3) is 0.600. The largest absolute Gasteiger partial charge is 0.460 e. The number of nitrogens with one attached hydrogen (secondary N) is 1. The third-order valence-electron chi connectivity index (χ3n) is 7.33. The van der Waals surface area contributed by atoms with Crippen LogP contribution in [-0.4, -0.2) is 23.7 Å². The molecule has 210 valence electrons. The van der Waals surface area contributed by atoms with Crippen LogP contribution in [0.3, 0.4) is 0 Å². The van der Waals surface area contributed by atoms with Gasteiger partial charge in [-0.3, -0.25) is 9.59 Å². The third kappa shape index (κ3) is 7.26. The van der Waals surface area contributed by atoms with Crippen LogP contribution < -0.4 is 5.32 Å². The van der Waals surface area contributed by atoms with Crippen LogP contribution in [0.25, 0.3) is 0 Å². The Labute approximate surface area is 222 Å². The predicted octanol–water partition coefficient (Wildman–Crippen LogP) is 7.79. The van der Waals surface area contributed by atoms with Crippen molar-refractivity contribution in [1.82, 2.24) is 0 Å². The lowest BCUT2D eigenvalue weighted by molar-refractivity contribution is -0.188. The number of amides is 1.